The molecule has 0 aliphatic carbocycles. The number of piperazine rings is 1. The molecule has 0 aromatic carbocycles. The molecule has 0 aromatic heterocycles. The molecule has 2 amide bonds. The molecule has 1 atom stereocenters. The van der Waals surface area contributed by atoms with Crippen LogP contribution in [0.2, 0.25) is 0 Å². The van der Waals surface area contributed by atoms with Crippen molar-refractivity contribution in [1.29, 1.82) is 0 Å². The van der Waals surface area contributed by atoms with Crippen molar-refractivity contribution in [1.82, 2.24) is 10.2 Å². The van der Waals surface area contributed by atoms with Crippen LogP contribution < -0.4 is 5.32 Å². The maximum atomic E-state index is 12.1. The highest BCUT2D eigenvalue weighted by Gasteiger charge is 2.39. The quantitative estimate of drug-likeness (QED) is 0.750. The number of rotatable bonds is 4. The fourth-order valence-electron chi connectivity index (χ4n) is 2.49. The second-order valence-corrected chi connectivity index (χ2v) is 5.61. The molecule has 2 saturated heterocycles. The van der Waals surface area contributed by atoms with E-state index < -0.39 is 5.54 Å². The Balaban J connectivity index is 1.82. The fraction of sp³-hybridized carbons (Fsp3) is 0.846. The lowest BCUT2D eigenvalue weighted by Crippen LogP contribution is -2.63. The van der Waals surface area contributed by atoms with Gasteiger partial charge in [0.05, 0.1) is 18.2 Å². The van der Waals surface area contributed by atoms with Gasteiger partial charge in [-0.05, 0) is 39.5 Å². The Morgan fingerprint density at radius 1 is 1.44 bits per heavy atom. The maximum Gasteiger partial charge on any atom is 0.248 e. The monoisotopic (exact) mass is 254 g/mol. The number of nitrogens with zero attached hydrogens (tertiary/aromatic N) is 1. The molecule has 2 fully saturated rings. The van der Waals surface area contributed by atoms with E-state index in [0.717, 1.165) is 32.3 Å². The summed E-state index contributed by atoms with van der Waals surface area (Å²) in [6, 6.07) is 0. The van der Waals surface area contributed by atoms with Gasteiger partial charge in [-0.25, -0.2) is 0 Å². The van der Waals surface area contributed by atoms with Crippen molar-refractivity contribution < 1.29 is 14.3 Å². The minimum Gasteiger partial charge on any atom is -0.378 e. The van der Waals surface area contributed by atoms with E-state index in [1.807, 2.05) is 13.8 Å². The van der Waals surface area contributed by atoms with Crippen molar-refractivity contribution >= 4 is 11.8 Å². The van der Waals surface area contributed by atoms with E-state index in [9.17, 15) is 9.59 Å². The highest BCUT2D eigenvalue weighted by molar-refractivity contribution is 6.02. The van der Waals surface area contributed by atoms with Gasteiger partial charge in [0, 0.05) is 13.2 Å². The smallest absolute Gasteiger partial charge is 0.248 e. The summed E-state index contributed by atoms with van der Waals surface area (Å²) in [7, 11) is 0. The zero-order valence-electron chi connectivity index (χ0n) is 11.2. The van der Waals surface area contributed by atoms with Gasteiger partial charge in [-0.2, -0.15) is 0 Å². The number of imide groups is 1. The van der Waals surface area contributed by atoms with E-state index in [0.29, 0.717) is 12.6 Å². The number of amides is 2. The van der Waals surface area contributed by atoms with Gasteiger partial charge in [-0.3, -0.25) is 19.8 Å². The Labute approximate surface area is 108 Å². The van der Waals surface area contributed by atoms with E-state index >= 15 is 0 Å². The Hall–Kier alpha value is -0.940. The van der Waals surface area contributed by atoms with Crippen LogP contribution in [0, 0.1) is 0 Å². The van der Waals surface area contributed by atoms with E-state index in [1.54, 1.807) is 0 Å². The lowest BCUT2D eigenvalue weighted by Gasteiger charge is -2.36. The van der Waals surface area contributed by atoms with Crippen molar-refractivity contribution in [2.24, 2.45) is 0 Å². The van der Waals surface area contributed by atoms with Gasteiger partial charge in [-0.1, -0.05) is 0 Å². The van der Waals surface area contributed by atoms with Crippen molar-refractivity contribution in [3.05, 3.63) is 0 Å². The molecule has 2 rings (SSSR count). The second-order valence-electron chi connectivity index (χ2n) is 5.61. The van der Waals surface area contributed by atoms with Gasteiger partial charge in [0.15, 0.2) is 0 Å². The SMILES string of the molecule is CC1(C)NCC(=O)N(CCCC2CCCO2)C1=O. The summed E-state index contributed by atoms with van der Waals surface area (Å²) in [6.07, 6.45) is 4.33. The van der Waals surface area contributed by atoms with Crippen LogP contribution in [0.4, 0.5) is 0 Å². The number of hydrogen-bond donors (Lipinski definition) is 1. The molecule has 1 unspecified atom stereocenters. The van der Waals surface area contributed by atoms with E-state index in [4.69, 9.17) is 4.74 Å². The van der Waals surface area contributed by atoms with Crippen molar-refractivity contribution in [2.75, 3.05) is 19.7 Å². The highest BCUT2D eigenvalue weighted by atomic mass is 16.5. The Morgan fingerprint density at radius 2 is 2.22 bits per heavy atom. The lowest BCUT2D eigenvalue weighted by atomic mass is 10.00. The summed E-state index contributed by atoms with van der Waals surface area (Å²) in [5.74, 6) is -0.238. The number of nitrogens with one attached hydrogen (secondary N) is 1. The average molecular weight is 254 g/mol. The molecule has 5 heteroatoms. The van der Waals surface area contributed by atoms with Gasteiger partial charge in [-0.15, -0.1) is 0 Å². The topological polar surface area (TPSA) is 58.6 Å². The van der Waals surface area contributed by atoms with Gasteiger partial charge in [0.1, 0.15) is 0 Å². The summed E-state index contributed by atoms with van der Waals surface area (Å²) in [5, 5.41) is 2.95. The Morgan fingerprint density at radius 3 is 2.89 bits per heavy atom. The molecule has 5 nitrogen and oxygen atoms in total. The first-order valence-electron chi connectivity index (χ1n) is 6.72. The third-order valence-electron chi connectivity index (χ3n) is 3.69. The number of hydrogen-bond acceptors (Lipinski definition) is 4. The standard InChI is InChI=1S/C13H22N2O3/c1-13(2)12(17)15(11(16)9-14-13)7-3-5-10-6-4-8-18-10/h10,14H,3-9H2,1-2H3. The zero-order chi connectivity index (χ0) is 13.2. The summed E-state index contributed by atoms with van der Waals surface area (Å²) in [5.41, 5.74) is -0.627. The van der Waals surface area contributed by atoms with Crippen molar-refractivity contribution in [3.63, 3.8) is 0 Å². The first-order valence-corrected chi connectivity index (χ1v) is 6.72. The van der Waals surface area contributed by atoms with Crippen LogP contribution in [0.3, 0.4) is 0 Å². The second kappa shape index (κ2) is 5.36. The molecule has 0 saturated carbocycles. The van der Waals surface area contributed by atoms with Crippen molar-refractivity contribution in [2.45, 2.75) is 51.2 Å². The number of carbonyl (C=O) groups is 2. The normalized spacial score (nSPS) is 27.9. The van der Waals surface area contributed by atoms with Gasteiger partial charge in [0.25, 0.3) is 0 Å². The van der Waals surface area contributed by atoms with Crippen molar-refractivity contribution in [3.8, 4) is 0 Å². The molecular formula is C13H22N2O3. The zero-order valence-corrected chi connectivity index (χ0v) is 11.2. The Kier molecular flexibility index (Phi) is 4.02. The third kappa shape index (κ3) is 2.90. The van der Waals surface area contributed by atoms with Crippen LogP contribution in [0.25, 0.3) is 0 Å². The first kappa shape index (κ1) is 13.5. The number of ether oxygens (including phenoxy) is 1. The molecule has 102 valence electrons. The van der Waals surface area contributed by atoms with Gasteiger partial charge < -0.3 is 4.74 Å². The molecule has 0 bridgehead atoms. The lowest BCUT2D eigenvalue weighted by molar-refractivity contribution is -0.152. The maximum absolute atomic E-state index is 12.1. The highest BCUT2D eigenvalue weighted by Crippen LogP contribution is 2.18. The summed E-state index contributed by atoms with van der Waals surface area (Å²) >= 11 is 0. The minimum absolute atomic E-state index is 0.119. The molecule has 0 spiro atoms. The average Bonchev–Trinajstić information content (AvgIpc) is 2.82. The van der Waals surface area contributed by atoms with Crippen LogP contribution in [-0.4, -0.2) is 48.1 Å². The molecule has 2 aliphatic rings. The minimum atomic E-state index is -0.627. The van der Waals surface area contributed by atoms with E-state index in [1.165, 1.54) is 4.90 Å². The molecule has 2 aliphatic heterocycles. The predicted molar refractivity (Wildman–Crippen MR) is 67.0 cm³/mol. The van der Waals surface area contributed by atoms with Crippen LogP contribution in [-0.2, 0) is 14.3 Å². The first-order chi connectivity index (χ1) is 8.50. The number of carbonyl (C=O) groups excluding carboxylic acids is 2. The van der Waals surface area contributed by atoms with Crippen LogP contribution in [0.1, 0.15) is 39.5 Å². The predicted octanol–water partition coefficient (Wildman–Crippen LogP) is 0.683. The van der Waals surface area contributed by atoms with Crippen LogP contribution in [0.5, 0.6) is 0 Å². The van der Waals surface area contributed by atoms with E-state index in [2.05, 4.69) is 5.32 Å². The molecule has 0 radical (unpaired) electrons. The summed E-state index contributed by atoms with van der Waals surface area (Å²) in [4.78, 5) is 25.2. The largest absolute Gasteiger partial charge is 0.378 e. The summed E-state index contributed by atoms with van der Waals surface area (Å²) in [6.45, 7) is 5.24. The summed E-state index contributed by atoms with van der Waals surface area (Å²) < 4.78 is 5.54. The molecule has 18 heavy (non-hydrogen) atoms. The molecular weight excluding hydrogens is 232 g/mol. The third-order valence-corrected chi connectivity index (χ3v) is 3.69. The van der Waals surface area contributed by atoms with E-state index in [-0.39, 0.29) is 18.4 Å². The molecule has 0 aromatic rings. The van der Waals surface area contributed by atoms with Gasteiger partial charge in [0.2, 0.25) is 11.8 Å². The van der Waals surface area contributed by atoms with Crippen LogP contribution >= 0.6 is 0 Å². The fourth-order valence-corrected chi connectivity index (χ4v) is 2.49. The van der Waals surface area contributed by atoms with Gasteiger partial charge >= 0.3 is 0 Å². The molecule has 1 N–H and O–H groups in total. The van der Waals surface area contributed by atoms with Crippen LogP contribution in [0.15, 0.2) is 0 Å². The Bertz CT molecular complexity index is 335. The molecule has 2 heterocycles.